The largest absolute Gasteiger partial charge is 0.480 e. The SMILES string of the molecule is COCc1nc(OC)c2c(C)c(C(=O)N(Cc3ccccc3)CC(C)C(=O)OC)sc2n1. The van der Waals surface area contributed by atoms with Crippen molar-refractivity contribution in [1.82, 2.24) is 14.9 Å². The van der Waals surface area contributed by atoms with Crippen LogP contribution in [0.15, 0.2) is 30.3 Å². The molecule has 0 bridgehead atoms. The Morgan fingerprint density at radius 1 is 1.12 bits per heavy atom. The number of amides is 1. The molecule has 0 aliphatic heterocycles. The van der Waals surface area contributed by atoms with Crippen LogP contribution in [0.1, 0.15) is 33.5 Å². The summed E-state index contributed by atoms with van der Waals surface area (Å²) in [5.74, 6) is -0.115. The number of hydrogen-bond acceptors (Lipinski definition) is 8. The Kier molecular flexibility index (Phi) is 7.76. The van der Waals surface area contributed by atoms with Crippen molar-refractivity contribution in [2.75, 3.05) is 27.9 Å². The highest BCUT2D eigenvalue weighted by molar-refractivity contribution is 7.20. The molecule has 0 fully saturated rings. The number of ether oxygens (including phenoxy) is 3. The van der Waals surface area contributed by atoms with Gasteiger partial charge < -0.3 is 19.1 Å². The fourth-order valence-corrected chi connectivity index (χ4v) is 4.62. The average Bonchev–Trinajstić information content (AvgIpc) is 3.14. The van der Waals surface area contributed by atoms with Crippen LogP contribution in [0.3, 0.4) is 0 Å². The van der Waals surface area contributed by atoms with Crippen LogP contribution >= 0.6 is 11.3 Å². The molecule has 9 heteroatoms. The molecule has 1 amide bonds. The van der Waals surface area contributed by atoms with Gasteiger partial charge >= 0.3 is 5.97 Å². The normalized spacial score (nSPS) is 11.9. The molecular weight excluding hydrogens is 430 g/mol. The minimum atomic E-state index is -0.468. The topological polar surface area (TPSA) is 90.9 Å². The van der Waals surface area contributed by atoms with Gasteiger partial charge in [0.15, 0.2) is 5.82 Å². The lowest BCUT2D eigenvalue weighted by atomic mass is 10.1. The van der Waals surface area contributed by atoms with Crippen molar-refractivity contribution in [2.24, 2.45) is 5.92 Å². The predicted molar refractivity (Wildman–Crippen MR) is 122 cm³/mol. The van der Waals surface area contributed by atoms with Crippen molar-refractivity contribution in [2.45, 2.75) is 27.0 Å². The number of fused-ring (bicyclic) bond motifs is 1. The number of aromatic nitrogens is 2. The first-order valence-corrected chi connectivity index (χ1v) is 10.9. The fourth-order valence-electron chi connectivity index (χ4n) is 3.46. The van der Waals surface area contributed by atoms with E-state index in [4.69, 9.17) is 14.2 Å². The maximum atomic E-state index is 13.7. The van der Waals surface area contributed by atoms with E-state index in [1.54, 1.807) is 18.9 Å². The molecule has 3 aromatic rings. The summed E-state index contributed by atoms with van der Waals surface area (Å²) >= 11 is 1.29. The number of rotatable bonds is 9. The van der Waals surface area contributed by atoms with Gasteiger partial charge in [0.1, 0.15) is 11.4 Å². The molecule has 32 heavy (non-hydrogen) atoms. The van der Waals surface area contributed by atoms with Gasteiger partial charge in [-0.2, -0.15) is 4.98 Å². The molecule has 0 radical (unpaired) electrons. The molecule has 0 aliphatic carbocycles. The Morgan fingerprint density at radius 2 is 1.84 bits per heavy atom. The number of benzene rings is 1. The van der Waals surface area contributed by atoms with Gasteiger partial charge in [0.05, 0.1) is 30.4 Å². The summed E-state index contributed by atoms with van der Waals surface area (Å²) < 4.78 is 15.5. The summed E-state index contributed by atoms with van der Waals surface area (Å²) in [5, 5.41) is 0.710. The number of hydrogen-bond donors (Lipinski definition) is 0. The van der Waals surface area contributed by atoms with E-state index in [1.807, 2.05) is 37.3 Å². The molecule has 170 valence electrons. The van der Waals surface area contributed by atoms with E-state index in [0.717, 1.165) is 11.1 Å². The van der Waals surface area contributed by atoms with E-state index in [1.165, 1.54) is 25.6 Å². The zero-order valence-electron chi connectivity index (χ0n) is 18.9. The van der Waals surface area contributed by atoms with E-state index in [9.17, 15) is 9.59 Å². The first-order valence-electron chi connectivity index (χ1n) is 10.1. The smallest absolute Gasteiger partial charge is 0.310 e. The van der Waals surface area contributed by atoms with Crippen LogP contribution < -0.4 is 4.74 Å². The van der Waals surface area contributed by atoms with Gasteiger partial charge in [0.25, 0.3) is 5.91 Å². The standard InChI is InChI=1S/C23H27N3O5S/c1-14(23(28)31-5)11-26(12-16-9-7-6-8-10-16)22(27)19-15(2)18-20(30-4)24-17(13-29-3)25-21(18)32-19/h6-10,14H,11-13H2,1-5H3. The third-order valence-electron chi connectivity index (χ3n) is 5.07. The third kappa shape index (κ3) is 5.05. The molecular formula is C23H27N3O5S. The van der Waals surface area contributed by atoms with Crippen LogP contribution in [0, 0.1) is 12.8 Å². The summed E-state index contributed by atoms with van der Waals surface area (Å²) in [4.78, 5) is 37.5. The van der Waals surface area contributed by atoms with E-state index in [-0.39, 0.29) is 25.0 Å². The highest BCUT2D eigenvalue weighted by atomic mass is 32.1. The Morgan fingerprint density at radius 3 is 2.47 bits per heavy atom. The Balaban J connectivity index is 2.02. The van der Waals surface area contributed by atoms with Crippen molar-refractivity contribution < 1.29 is 23.8 Å². The predicted octanol–water partition coefficient (Wildman–Crippen LogP) is 3.61. The fraction of sp³-hybridized carbons (Fsp3) is 0.391. The first-order chi connectivity index (χ1) is 15.4. The van der Waals surface area contributed by atoms with Crippen LogP contribution in [0.4, 0.5) is 0 Å². The average molecular weight is 458 g/mol. The van der Waals surface area contributed by atoms with Gasteiger partial charge in [-0.1, -0.05) is 37.3 Å². The number of nitrogens with zero attached hydrogens (tertiary/aromatic N) is 3. The summed E-state index contributed by atoms with van der Waals surface area (Å²) in [6, 6.07) is 9.67. The lowest BCUT2D eigenvalue weighted by molar-refractivity contribution is -0.145. The van der Waals surface area contributed by atoms with Gasteiger partial charge in [-0.3, -0.25) is 9.59 Å². The van der Waals surface area contributed by atoms with Crippen molar-refractivity contribution in [3.8, 4) is 5.88 Å². The van der Waals surface area contributed by atoms with Crippen LogP contribution in [-0.2, 0) is 27.4 Å². The van der Waals surface area contributed by atoms with Gasteiger partial charge in [0, 0.05) is 20.2 Å². The third-order valence-corrected chi connectivity index (χ3v) is 6.24. The highest BCUT2D eigenvalue weighted by Gasteiger charge is 2.27. The molecule has 2 aromatic heterocycles. The molecule has 3 rings (SSSR count). The summed E-state index contributed by atoms with van der Waals surface area (Å²) in [6.07, 6.45) is 0. The highest BCUT2D eigenvalue weighted by Crippen LogP contribution is 2.36. The van der Waals surface area contributed by atoms with Gasteiger partial charge in [-0.05, 0) is 18.1 Å². The van der Waals surface area contributed by atoms with Gasteiger partial charge in [-0.15, -0.1) is 11.3 Å². The van der Waals surface area contributed by atoms with Crippen LogP contribution in [-0.4, -0.2) is 54.6 Å². The van der Waals surface area contributed by atoms with Crippen LogP contribution in [0.2, 0.25) is 0 Å². The first kappa shape index (κ1) is 23.6. The number of aryl methyl sites for hydroxylation is 1. The van der Waals surface area contributed by atoms with E-state index >= 15 is 0 Å². The molecule has 1 atom stereocenters. The van der Waals surface area contributed by atoms with Crippen molar-refractivity contribution >= 4 is 33.4 Å². The number of esters is 1. The van der Waals surface area contributed by atoms with Crippen molar-refractivity contribution in [3.63, 3.8) is 0 Å². The molecule has 8 nitrogen and oxygen atoms in total. The van der Waals surface area contributed by atoms with Crippen LogP contribution in [0.25, 0.3) is 10.2 Å². The zero-order valence-corrected chi connectivity index (χ0v) is 19.7. The second kappa shape index (κ2) is 10.5. The molecule has 0 aliphatic rings. The molecule has 1 aromatic carbocycles. The number of methoxy groups -OCH3 is 3. The maximum Gasteiger partial charge on any atom is 0.310 e. The zero-order chi connectivity index (χ0) is 23.3. The molecule has 1 unspecified atom stereocenters. The summed E-state index contributed by atoms with van der Waals surface area (Å²) in [6.45, 7) is 4.44. The number of carbonyl (C=O) groups is 2. The van der Waals surface area contributed by atoms with Gasteiger partial charge in [-0.25, -0.2) is 4.98 Å². The molecule has 0 N–H and O–H groups in total. The number of carbonyl (C=O) groups excluding carboxylic acids is 2. The molecule has 0 saturated carbocycles. The Hall–Kier alpha value is -3.04. The summed E-state index contributed by atoms with van der Waals surface area (Å²) in [5.41, 5.74) is 1.72. The Labute approximate surface area is 191 Å². The molecule has 0 saturated heterocycles. The van der Waals surface area contributed by atoms with E-state index in [0.29, 0.717) is 33.3 Å². The lowest BCUT2D eigenvalue weighted by Crippen LogP contribution is -2.36. The van der Waals surface area contributed by atoms with E-state index in [2.05, 4.69) is 9.97 Å². The van der Waals surface area contributed by atoms with Crippen molar-refractivity contribution in [1.29, 1.82) is 0 Å². The van der Waals surface area contributed by atoms with Crippen molar-refractivity contribution in [3.05, 3.63) is 52.2 Å². The maximum absolute atomic E-state index is 13.7. The second-order valence-corrected chi connectivity index (χ2v) is 8.41. The quantitative estimate of drug-likeness (QED) is 0.453. The molecule has 0 spiro atoms. The lowest BCUT2D eigenvalue weighted by Gasteiger charge is -2.25. The van der Waals surface area contributed by atoms with Gasteiger partial charge in [0.2, 0.25) is 5.88 Å². The molecule has 2 heterocycles. The summed E-state index contributed by atoms with van der Waals surface area (Å²) in [7, 11) is 4.45. The second-order valence-electron chi connectivity index (χ2n) is 7.41. The minimum absolute atomic E-state index is 0.180. The minimum Gasteiger partial charge on any atom is -0.480 e. The number of thiophene rings is 1. The van der Waals surface area contributed by atoms with E-state index < -0.39 is 5.92 Å². The van der Waals surface area contributed by atoms with Crippen LogP contribution in [0.5, 0.6) is 5.88 Å². The monoisotopic (exact) mass is 457 g/mol. The Bertz CT molecular complexity index is 1100.